The number of carbonyl (C=O) groups is 3. The Bertz CT molecular complexity index is 799. The third-order valence-corrected chi connectivity index (χ3v) is 4.71. The Morgan fingerprint density at radius 3 is 2.85 bits per heavy atom. The SMILES string of the molecule is C[C@](C#N)(NC(=O)COC(=O)CN1C(=O)CCOc2ccccc21)C1CC1. The summed E-state index contributed by atoms with van der Waals surface area (Å²) in [6.45, 7) is 1.09. The molecule has 1 aliphatic heterocycles. The lowest BCUT2D eigenvalue weighted by molar-refractivity contribution is -0.148. The lowest BCUT2D eigenvalue weighted by Gasteiger charge is -2.23. The van der Waals surface area contributed by atoms with Gasteiger partial charge in [-0.2, -0.15) is 5.26 Å². The zero-order chi connectivity index (χ0) is 19.4. The molecule has 1 fully saturated rings. The van der Waals surface area contributed by atoms with E-state index >= 15 is 0 Å². The van der Waals surface area contributed by atoms with Crippen molar-refractivity contribution in [3.8, 4) is 11.8 Å². The van der Waals surface area contributed by atoms with E-state index in [1.165, 1.54) is 4.90 Å². The number of amides is 2. The lowest BCUT2D eigenvalue weighted by atomic mass is 9.98. The van der Waals surface area contributed by atoms with Gasteiger partial charge in [0, 0.05) is 0 Å². The number of hydrogen-bond donors (Lipinski definition) is 1. The molecule has 1 saturated carbocycles. The zero-order valence-corrected chi connectivity index (χ0v) is 15.1. The van der Waals surface area contributed by atoms with E-state index in [1.54, 1.807) is 31.2 Å². The molecule has 0 radical (unpaired) electrons. The highest BCUT2D eigenvalue weighted by atomic mass is 16.5. The molecule has 8 nitrogen and oxygen atoms in total. The number of nitrogens with one attached hydrogen (secondary N) is 1. The van der Waals surface area contributed by atoms with Crippen LogP contribution in [-0.2, 0) is 19.1 Å². The Morgan fingerprint density at radius 2 is 2.15 bits per heavy atom. The molecule has 3 rings (SSSR count). The first-order valence-electron chi connectivity index (χ1n) is 8.83. The molecule has 1 atom stereocenters. The van der Waals surface area contributed by atoms with Gasteiger partial charge in [0.15, 0.2) is 6.61 Å². The number of carbonyl (C=O) groups excluding carboxylic acids is 3. The van der Waals surface area contributed by atoms with Crippen LogP contribution in [0.15, 0.2) is 24.3 Å². The Kier molecular flexibility index (Phi) is 5.31. The van der Waals surface area contributed by atoms with E-state index < -0.39 is 24.0 Å². The van der Waals surface area contributed by atoms with E-state index in [4.69, 9.17) is 9.47 Å². The van der Waals surface area contributed by atoms with Crippen molar-refractivity contribution in [1.82, 2.24) is 5.32 Å². The molecule has 8 heteroatoms. The van der Waals surface area contributed by atoms with Crippen LogP contribution in [0.25, 0.3) is 0 Å². The molecule has 2 amide bonds. The summed E-state index contributed by atoms with van der Waals surface area (Å²) >= 11 is 0. The Morgan fingerprint density at radius 1 is 1.41 bits per heavy atom. The molecular formula is C19H21N3O5. The normalized spacial score (nSPS) is 18.2. The summed E-state index contributed by atoms with van der Waals surface area (Å²) in [6, 6.07) is 9.04. The predicted molar refractivity (Wildman–Crippen MR) is 94.8 cm³/mol. The maximum Gasteiger partial charge on any atom is 0.326 e. The van der Waals surface area contributed by atoms with Gasteiger partial charge in [0.1, 0.15) is 17.8 Å². The van der Waals surface area contributed by atoms with Crippen LogP contribution in [0.3, 0.4) is 0 Å². The molecule has 1 aliphatic carbocycles. The second-order valence-electron chi connectivity index (χ2n) is 6.84. The van der Waals surface area contributed by atoms with Crippen molar-refractivity contribution < 1.29 is 23.9 Å². The number of ether oxygens (including phenoxy) is 2. The summed E-state index contributed by atoms with van der Waals surface area (Å²) in [7, 11) is 0. The lowest BCUT2D eigenvalue weighted by Crippen LogP contribution is -2.48. The van der Waals surface area contributed by atoms with Gasteiger partial charge in [0.2, 0.25) is 5.91 Å². The molecule has 0 spiro atoms. The van der Waals surface area contributed by atoms with Gasteiger partial charge in [-0.05, 0) is 37.8 Å². The fourth-order valence-electron chi connectivity index (χ4n) is 3.02. The molecule has 1 N–H and O–H groups in total. The smallest absolute Gasteiger partial charge is 0.326 e. The van der Waals surface area contributed by atoms with E-state index in [0.29, 0.717) is 11.4 Å². The molecule has 0 saturated heterocycles. The second kappa shape index (κ2) is 7.66. The summed E-state index contributed by atoms with van der Waals surface area (Å²) in [4.78, 5) is 37.8. The number of rotatable bonds is 6. The molecule has 1 aromatic rings. The Hall–Kier alpha value is -3.08. The van der Waals surface area contributed by atoms with Gasteiger partial charge in [-0.15, -0.1) is 0 Å². The molecule has 0 aromatic heterocycles. The number of benzene rings is 1. The van der Waals surface area contributed by atoms with Crippen molar-refractivity contribution in [2.45, 2.75) is 31.7 Å². The van der Waals surface area contributed by atoms with Crippen LogP contribution in [0, 0.1) is 17.2 Å². The fraction of sp³-hybridized carbons (Fsp3) is 0.474. The minimum atomic E-state index is -0.944. The number of nitrogens with zero attached hydrogens (tertiary/aromatic N) is 2. The number of para-hydroxylation sites is 2. The third kappa shape index (κ3) is 4.37. The number of esters is 1. The first-order valence-corrected chi connectivity index (χ1v) is 8.83. The average Bonchev–Trinajstić information content (AvgIpc) is 3.50. The number of nitriles is 1. The fourth-order valence-corrected chi connectivity index (χ4v) is 3.02. The summed E-state index contributed by atoms with van der Waals surface area (Å²) in [5, 5.41) is 11.9. The second-order valence-corrected chi connectivity index (χ2v) is 6.84. The largest absolute Gasteiger partial charge is 0.491 e. The molecule has 2 aliphatic rings. The highest BCUT2D eigenvalue weighted by Gasteiger charge is 2.43. The molecule has 1 aromatic carbocycles. The maximum absolute atomic E-state index is 12.3. The minimum Gasteiger partial charge on any atom is -0.491 e. The van der Waals surface area contributed by atoms with Crippen molar-refractivity contribution in [2.24, 2.45) is 5.92 Å². The van der Waals surface area contributed by atoms with Gasteiger partial charge < -0.3 is 14.8 Å². The van der Waals surface area contributed by atoms with Crippen molar-refractivity contribution in [3.05, 3.63) is 24.3 Å². The van der Waals surface area contributed by atoms with E-state index in [1.807, 2.05) is 0 Å². The van der Waals surface area contributed by atoms with Gasteiger partial charge in [0.25, 0.3) is 5.91 Å². The molecule has 142 valence electrons. The highest BCUT2D eigenvalue weighted by Crippen LogP contribution is 2.39. The van der Waals surface area contributed by atoms with Crippen LogP contribution in [0.4, 0.5) is 5.69 Å². The summed E-state index contributed by atoms with van der Waals surface area (Å²) < 4.78 is 10.5. The van der Waals surface area contributed by atoms with Crippen molar-refractivity contribution >= 4 is 23.5 Å². The molecule has 0 bridgehead atoms. The van der Waals surface area contributed by atoms with Gasteiger partial charge in [0.05, 0.1) is 24.8 Å². The van der Waals surface area contributed by atoms with E-state index in [9.17, 15) is 19.6 Å². The molecular weight excluding hydrogens is 350 g/mol. The Balaban J connectivity index is 1.57. The maximum atomic E-state index is 12.3. The highest BCUT2D eigenvalue weighted by molar-refractivity contribution is 5.99. The Labute approximate surface area is 157 Å². The van der Waals surface area contributed by atoms with Crippen LogP contribution >= 0.6 is 0 Å². The van der Waals surface area contributed by atoms with Gasteiger partial charge in [-0.25, -0.2) is 0 Å². The van der Waals surface area contributed by atoms with E-state index in [0.717, 1.165) is 12.8 Å². The van der Waals surface area contributed by atoms with E-state index in [2.05, 4.69) is 11.4 Å². The monoisotopic (exact) mass is 371 g/mol. The molecule has 1 heterocycles. The first kappa shape index (κ1) is 18.7. The number of hydrogen-bond acceptors (Lipinski definition) is 6. The number of anilines is 1. The van der Waals surface area contributed by atoms with Crippen LogP contribution in [0.2, 0.25) is 0 Å². The first-order chi connectivity index (χ1) is 12.9. The minimum absolute atomic E-state index is 0.133. The summed E-state index contributed by atoms with van der Waals surface area (Å²) in [6.07, 6.45) is 1.93. The van der Waals surface area contributed by atoms with Gasteiger partial charge in [-0.1, -0.05) is 12.1 Å². The standard InChI is InChI=1S/C19H21N3O5/c1-19(12-20,13-6-7-13)21-16(23)11-27-18(25)10-22-14-4-2-3-5-15(14)26-9-8-17(22)24/h2-5,13H,6-11H2,1H3,(H,21,23)/t19-/m1/s1. The summed E-state index contributed by atoms with van der Waals surface area (Å²) in [5.41, 5.74) is -0.451. The third-order valence-electron chi connectivity index (χ3n) is 4.71. The van der Waals surface area contributed by atoms with Crippen LogP contribution in [0.1, 0.15) is 26.2 Å². The molecule has 27 heavy (non-hydrogen) atoms. The van der Waals surface area contributed by atoms with Crippen molar-refractivity contribution in [3.63, 3.8) is 0 Å². The van der Waals surface area contributed by atoms with E-state index in [-0.39, 0.29) is 31.4 Å². The van der Waals surface area contributed by atoms with Gasteiger partial charge >= 0.3 is 5.97 Å². The van der Waals surface area contributed by atoms with Crippen LogP contribution < -0.4 is 15.0 Å². The van der Waals surface area contributed by atoms with Crippen molar-refractivity contribution in [1.29, 1.82) is 5.26 Å². The summed E-state index contributed by atoms with van der Waals surface area (Å²) in [5.74, 6) is -0.853. The topological polar surface area (TPSA) is 109 Å². The van der Waals surface area contributed by atoms with Gasteiger partial charge in [-0.3, -0.25) is 19.3 Å². The molecule has 0 unspecified atom stereocenters. The predicted octanol–water partition coefficient (Wildman–Crippen LogP) is 1.15. The average molecular weight is 371 g/mol. The van der Waals surface area contributed by atoms with Crippen LogP contribution in [0.5, 0.6) is 5.75 Å². The van der Waals surface area contributed by atoms with Crippen LogP contribution in [-0.4, -0.2) is 43.1 Å². The number of fused-ring (bicyclic) bond motifs is 1. The van der Waals surface area contributed by atoms with Crippen molar-refractivity contribution in [2.75, 3.05) is 24.7 Å². The zero-order valence-electron chi connectivity index (χ0n) is 15.1. The quantitative estimate of drug-likeness (QED) is 0.752.